The van der Waals surface area contributed by atoms with Gasteiger partial charge in [0, 0.05) is 30.9 Å². The quantitative estimate of drug-likeness (QED) is 0.308. The maximum Gasteiger partial charge on any atom is 0.490 e. The molecule has 5 heterocycles. The zero-order valence-corrected chi connectivity index (χ0v) is 21.0. The molecule has 16 heteroatoms. The molecule has 4 N–H and O–H groups in total. The number of nitrogens with zero attached hydrogens (tertiary/aromatic N) is 6. The second-order valence-electron chi connectivity index (χ2n) is 9.08. The van der Waals surface area contributed by atoms with Crippen molar-refractivity contribution in [1.29, 1.82) is 0 Å². The van der Waals surface area contributed by atoms with E-state index in [1.165, 1.54) is 23.2 Å². The number of aromatic nitrogens is 5. The average Bonchev–Trinajstić information content (AvgIpc) is 3.47. The van der Waals surface area contributed by atoms with E-state index in [1.54, 1.807) is 34.6 Å². The Morgan fingerprint density at radius 2 is 2.10 bits per heavy atom. The van der Waals surface area contributed by atoms with Crippen LogP contribution in [-0.2, 0) is 9.53 Å². The van der Waals surface area contributed by atoms with Gasteiger partial charge in [0.15, 0.2) is 11.5 Å². The second-order valence-corrected chi connectivity index (χ2v) is 9.49. The molecule has 0 bridgehead atoms. The third kappa shape index (κ3) is 5.02. The minimum Gasteiger partial charge on any atom is -0.454 e. The molecule has 12 nitrogen and oxygen atoms in total. The van der Waals surface area contributed by atoms with Crippen LogP contribution in [-0.4, -0.2) is 72.4 Å². The van der Waals surface area contributed by atoms with Crippen LogP contribution in [0.2, 0.25) is 5.02 Å². The van der Waals surface area contributed by atoms with Crippen LogP contribution < -0.4 is 16.0 Å². The Kier molecular flexibility index (Phi) is 6.72. The average molecular weight is 567 g/mol. The van der Waals surface area contributed by atoms with E-state index in [-0.39, 0.29) is 36.5 Å². The molecular weight excluding hydrogens is 545 g/mol. The Morgan fingerprint density at radius 3 is 2.85 bits per heavy atom. The number of hydrogen-bond donors (Lipinski definition) is 3. The predicted molar refractivity (Wildman–Crippen MR) is 132 cm³/mol. The molecule has 1 fully saturated rings. The van der Waals surface area contributed by atoms with Crippen LogP contribution >= 0.6 is 11.6 Å². The van der Waals surface area contributed by atoms with Crippen LogP contribution in [0.3, 0.4) is 0 Å². The summed E-state index contributed by atoms with van der Waals surface area (Å²) < 4.78 is 46.1. The van der Waals surface area contributed by atoms with E-state index >= 15 is 0 Å². The first-order valence-electron chi connectivity index (χ1n) is 11.7. The van der Waals surface area contributed by atoms with Crippen molar-refractivity contribution in [3.8, 4) is 0 Å². The predicted octanol–water partition coefficient (Wildman–Crippen LogP) is 2.15. The number of piperidine rings is 1. The van der Waals surface area contributed by atoms with Crippen LogP contribution in [0.1, 0.15) is 35.3 Å². The molecule has 0 saturated carbocycles. The van der Waals surface area contributed by atoms with Gasteiger partial charge in [-0.2, -0.15) is 13.2 Å². The Hall–Kier alpha value is -4.11. The van der Waals surface area contributed by atoms with E-state index in [2.05, 4.69) is 25.1 Å². The van der Waals surface area contributed by atoms with Gasteiger partial charge in [-0.05, 0) is 19.1 Å². The van der Waals surface area contributed by atoms with E-state index in [0.29, 0.717) is 21.9 Å². The maximum atomic E-state index is 13.3. The second kappa shape index (κ2) is 9.89. The zero-order chi connectivity index (χ0) is 28.1. The number of hydrogen-bond acceptors (Lipinski definition) is 9. The number of fused-ring (bicyclic) bond motifs is 2. The Bertz CT molecular complexity index is 1570. The molecule has 0 aromatic carbocycles. The van der Waals surface area contributed by atoms with E-state index < -0.39 is 36.3 Å². The van der Waals surface area contributed by atoms with Crippen molar-refractivity contribution in [3.63, 3.8) is 0 Å². The molecule has 3 atom stereocenters. The first-order chi connectivity index (χ1) is 18.4. The molecule has 4 aromatic heterocycles. The Morgan fingerprint density at radius 1 is 1.33 bits per heavy atom. The van der Waals surface area contributed by atoms with Gasteiger partial charge in [0.1, 0.15) is 23.8 Å². The van der Waals surface area contributed by atoms with Crippen LogP contribution in [0.4, 0.5) is 24.8 Å². The van der Waals surface area contributed by atoms with Crippen molar-refractivity contribution >= 4 is 46.3 Å². The van der Waals surface area contributed by atoms with Crippen LogP contribution in [0.25, 0.3) is 11.2 Å². The number of pyridine rings is 1. The summed E-state index contributed by atoms with van der Waals surface area (Å²) in [5.74, 6) is -2.56. The molecular formula is C23H22ClF3N8O4. The lowest BCUT2D eigenvalue weighted by Gasteiger charge is -2.38. The molecule has 1 saturated heterocycles. The fourth-order valence-corrected chi connectivity index (χ4v) is 4.94. The highest BCUT2D eigenvalue weighted by molar-refractivity contribution is 6.34. The normalized spacial score (nSPS) is 18.9. The molecule has 0 radical (unpaired) electrons. The number of esters is 1. The summed E-state index contributed by atoms with van der Waals surface area (Å²) >= 11 is 6.50. The zero-order valence-electron chi connectivity index (χ0n) is 20.3. The smallest absolute Gasteiger partial charge is 0.454 e. The van der Waals surface area contributed by atoms with Gasteiger partial charge in [0.25, 0.3) is 5.91 Å². The monoisotopic (exact) mass is 566 g/mol. The number of carbonyl (C=O) groups is 2. The number of imidazole rings is 1. The fraction of sp³-hybridized carbons (Fsp3) is 0.348. The number of nitrogen functional groups attached to an aromatic ring is 1. The Labute approximate surface area is 223 Å². The lowest BCUT2D eigenvalue weighted by molar-refractivity contribution is -0.206. The van der Waals surface area contributed by atoms with Gasteiger partial charge in [-0.15, -0.1) is 5.10 Å². The summed E-state index contributed by atoms with van der Waals surface area (Å²) in [5.41, 5.74) is 7.22. The molecule has 0 aliphatic carbocycles. The number of β-amino-alcohol motifs (C(OH)–C–C–N with tert-alkyl or cyclic N) is 1. The fourth-order valence-electron chi connectivity index (χ4n) is 4.68. The summed E-state index contributed by atoms with van der Waals surface area (Å²) in [4.78, 5) is 34.6. The summed E-state index contributed by atoms with van der Waals surface area (Å²) in [7, 11) is 0. The number of rotatable bonds is 5. The number of amides is 1. The number of nitrogens with two attached hydrogens (primary N) is 1. The van der Waals surface area contributed by atoms with Gasteiger partial charge in [-0.25, -0.2) is 19.3 Å². The summed E-state index contributed by atoms with van der Waals surface area (Å²) in [6, 6.07) is 2.49. The van der Waals surface area contributed by atoms with Crippen LogP contribution in [0, 0.1) is 0 Å². The minimum absolute atomic E-state index is 0.00750. The number of ether oxygens (including phenoxy) is 1. The molecule has 39 heavy (non-hydrogen) atoms. The molecule has 4 aromatic rings. The first-order valence-corrected chi connectivity index (χ1v) is 12.1. The highest BCUT2D eigenvalue weighted by Crippen LogP contribution is 2.35. The van der Waals surface area contributed by atoms with E-state index in [4.69, 9.17) is 17.3 Å². The Balaban J connectivity index is 1.50. The molecule has 1 amide bonds. The summed E-state index contributed by atoms with van der Waals surface area (Å²) in [6.07, 6.45) is -1.70. The lowest BCUT2D eigenvalue weighted by Crippen LogP contribution is -2.49. The van der Waals surface area contributed by atoms with Gasteiger partial charge in [-0.1, -0.05) is 11.6 Å². The van der Waals surface area contributed by atoms with E-state index in [9.17, 15) is 27.9 Å². The van der Waals surface area contributed by atoms with Gasteiger partial charge >= 0.3 is 12.1 Å². The highest BCUT2D eigenvalue weighted by atomic mass is 35.5. The summed E-state index contributed by atoms with van der Waals surface area (Å²) in [6.45, 7) is 1.52. The number of carbonyl (C=O) groups excluding carboxylic acids is 2. The molecule has 1 aliphatic heterocycles. The van der Waals surface area contributed by atoms with Crippen LogP contribution in [0.15, 0.2) is 37.1 Å². The number of anilines is 2. The van der Waals surface area contributed by atoms with Gasteiger partial charge in [-0.3, -0.25) is 9.20 Å². The van der Waals surface area contributed by atoms with Crippen molar-refractivity contribution in [3.05, 3.63) is 53.2 Å². The number of aliphatic hydroxyl groups is 1. The maximum absolute atomic E-state index is 13.3. The molecule has 5 rings (SSSR count). The first kappa shape index (κ1) is 26.5. The standard InChI is InChI=1S/C23H22ClF3N8O4/c1-11(31-20(37)17-18(28)32-35-4-2-3-30-19(17)35)14-6-15(24)16-7-29-10-34(16)21(14)33-8-12(36)5-13(9-33)39-22(38)23(25,26)27/h2-4,6-7,10-13,36H,5,8-9H2,1H3,(H2,28,32)(H,31,37)/t11?,12-,13+/m1/s1. The van der Waals surface area contributed by atoms with Crippen molar-refractivity contribution in [2.24, 2.45) is 0 Å². The number of nitrogens with one attached hydrogen (secondary N) is 1. The van der Waals surface area contributed by atoms with Crippen molar-refractivity contribution in [2.45, 2.75) is 37.8 Å². The van der Waals surface area contributed by atoms with Crippen molar-refractivity contribution < 1.29 is 32.6 Å². The molecule has 1 aliphatic rings. The third-order valence-electron chi connectivity index (χ3n) is 6.31. The lowest BCUT2D eigenvalue weighted by atomic mass is 10.0. The van der Waals surface area contributed by atoms with Gasteiger partial charge < -0.3 is 25.8 Å². The molecule has 1 unspecified atom stereocenters. The highest BCUT2D eigenvalue weighted by Gasteiger charge is 2.43. The van der Waals surface area contributed by atoms with Crippen molar-refractivity contribution in [2.75, 3.05) is 23.7 Å². The molecule has 0 spiro atoms. The van der Waals surface area contributed by atoms with Crippen LogP contribution in [0.5, 0.6) is 0 Å². The van der Waals surface area contributed by atoms with E-state index in [0.717, 1.165) is 0 Å². The van der Waals surface area contributed by atoms with Crippen molar-refractivity contribution in [1.82, 2.24) is 29.3 Å². The van der Waals surface area contributed by atoms with E-state index in [1.807, 2.05) is 0 Å². The number of alkyl halides is 3. The SMILES string of the molecule is CC(NC(=O)c1c(N)nn2cccnc12)c1cc(Cl)c2cncn2c1N1C[C@H](O)C[C@H](OC(=O)C(F)(F)F)C1. The topological polar surface area (TPSA) is 152 Å². The number of aliphatic hydroxyl groups excluding tert-OH is 1. The largest absolute Gasteiger partial charge is 0.490 e. The summed E-state index contributed by atoms with van der Waals surface area (Å²) in [5, 5.41) is 17.7. The molecule has 206 valence electrons. The minimum atomic E-state index is -5.18. The number of halogens is 4. The van der Waals surface area contributed by atoms with Gasteiger partial charge in [0.05, 0.1) is 35.4 Å². The third-order valence-corrected chi connectivity index (χ3v) is 6.61. The van der Waals surface area contributed by atoms with Gasteiger partial charge in [0.2, 0.25) is 0 Å².